The van der Waals surface area contributed by atoms with Crippen LogP contribution >= 0.6 is 0 Å². The zero-order valence-electron chi connectivity index (χ0n) is 10.4. The molecular weight excluding hydrogens is 264 g/mol. The average molecular weight is 286 g/mol. The fourth-order valence-corrected chi connectivity index (χ4v) is 0.246. The van der Waals surface area contributed by atoms with Crippen molar-refractivity contribution in [1.29, 1.82) is 0 Å². The summed E-state index contributed by atoms with van der Waals surface area (Å²) < 4.78 is 3.99. The van der Waals surface area contributed by atoms with Gasteiger partial charge in [0.1, 0.15) is 18.8 Å². The smallest absolute Gasteiger partial charge is 0.450 e. The van der Waals surface area contributed by atoms with Gasteiger partial charge in [0.15, 0.2) is 0 Å². The molecule has 0 radical (unpaired) electrons. The molecule has 7 N–H and O–H groups in total. The molecule has 19 heavy (non-hydrogen) atoms. The third-order valence-electron chi connectivity index (χ3n) is 1.17. The quantitative estimate of drug-likeness (QED) is 0.207. The van der Waals surface area contributed by atoms with Crippen molar-refractivity contribution in [3.8, 4) is 0 Å². The monoisotopic (exact) mass is 286 g/mol. The summed E-state index contributed by atoms with van der Waals surface area (Å²) in [6, 6.07) is 0. The maximum Gasteiger partial charge on any atom is 0.506 e. The summed E-state index contributed by atoms with van der Waals surface area (Å²) in [5, 5.41) is 55.8. The molecule has 0 aliphatic carbocycles. The normalized spacial score (nSPS) is 9.05. The van der Waals surface area contributed by atoms with Gasteiger partial charge in [-0.2, -0.15) is 0 Å². The van der Waals surface area contributed by atoms with Crippen LogP contribution in [0.4, 0.5) is 4.79 Å². The number of hydrogen-bond donors (Lipinski definition) is 7. The second-order valence-corrected chi connectivity index (χ2v) is 2.90. The van der Waals surface area contributed by atoms with Crippen LogP contribution in [0.2, 0.25) is 0 Å². The molecule has 0 rings (SSSR count). The maximum atomic E-state index is 9.49. The van der Waals surface area contributed by atoms with Crippen molar-refractivity contribution < 1.29 is 45.3 Å². The summed E-state index contributed by atoms with van der Waals surface area (Å²) in [7, 11) is 0. The van der Waals surface area contributed by atoms with Crippen molar-refractivity contribution in [3.63, 3.8) is 0 Å². The summed E-state index contributed by atoms with van der Waals surface area (Å²) in [4.78, 5) is 9.49. The minimum absolute atomic E-state index is 0.0648. The second-order valence-electron chi connectivity index (χ2n) is 2.90. The second kappa shape index (κ2) is 19.1. The summed E-state index contributed by atoms with van der Waals surface area (Å²) in [5.41, 5.74) is 0. The molecule has 0 bridgehead atoms. The first-order valence-corrected chi connectivity index (χ1v) is 5.15. The van der Waals surface area contributed by atoms with Crippen molar-refractivity contribution in [3.05, 3.63) is 12.7 Å². The van der Waals surface area contributed by atoms with Crippen molar-refractivity contribution in [1.82, 2.24) is 0 Å². The SMILES string of the molecule is C=CCOC(=O)O.OCC(O)CO.OCC(O)CO. The van der Waals surface area contributed by atoms with Gasteiger partial charge in [0.25, 0.3) is 0 Å². The summed E-state index contributed by atoms with van der Waals surface area (Å²) in [6.07, 6.45) is -1.80. The number of rotatable bonds is 6. The molecule has 0 fully saturated rings. The van der Waals surface area contributed by atoms with E-state index in [4.69, 9.17) is 35.7 Å². The number of aliphatic hydroxyl groups excluding tert-OH is 6. The number of carbonyl (C=O) groups is 1. The van der Waals surface area contributed by atoms with E-state index in [1.807, 2.05) is 0 Å². The molecule has 0 aromatic rings. The van der Waals surface area contributed by atoms with Crippen molar-refractivity contribution in [2.24, 2.45) is 0 Å². The van der Waals surface area contributed by atoms with Gasteiger partial charge < -0.3 is 40.5 Å². The van der Waals surface area contributed by atoms with Crippen LogP contribution in [0.25, 0.3) is 0 Å². The number of ether oxygens (including phenoxy) is 1. The summed E-state index contributed by atoms with van der Waals surface area (Å²) in [6.45, 7) is 1.85. The highest BCUT2D eigenvalue weighted by Crippen LogP contribution is 1.73. The number of carboxylic acid groups (broad SMARTS) is 1. The average Bonchev–Trinajstić information content (AvgIpc) is 2.44. The van der Waals surface area contributed by atoms with Gasteiger partial charge in [-0.05, 0) is 0 Å². The van der Waals surface area contributed by atoms with E-state index >= 15 is 0 Å². The van der Waals surface area contributed by atoms with E-state index in [0.717, 1.165) is 0 Å². The van der Waals surface area contributed by atoms with Gasteiger partial charge in [0, 0.05) is 0 Å². The van der Waals surface area contributed by atoms with Crippen LogP contribution in [-0.4, -0.2) is 87.1 Å². The molecule has 0 aromatic carbocycles. The highest BCUT2D eigenvalue weighted by atomic mass is 16.7. The molecule has 0 spiro atoms. The van der Waals surface area contributed by atoms with Crippen LogP contribution in [-0.2, 0) is 4.74 Å². The van der Waals surface area contributed by atoms with E-state index < -0.39 is 18.4 Å². The minimum atomic E-state index is -1.26. The number of hydrogen-bond acceptors (Lipinski definition) is 8. The predicted octanol–water partition coefficient (Wildman–Crippen LogP) is -2.47. The molecule has 9 heteroatoms. The molecule has 0 amide bonds. The van der Waals surface area contributed by atoms with E-state index in [2.05, 4.69) is 11.3 Å². The number of aliphatic hydroxyl groups is 6. The minimum Gasteiger partial charge on any atom is -0.450 e. The van der Waals surface area contributed by atoms with Crippen LogP contribution in [0.15, 0.2) is 12.7 Å². The molecular formula is C10H22O9. The van der Waals surface area contributed by atoms with Crippen molar-refractivity contribution >= 4 is 6.16 Å². The topological polar surface area (TPSA) is 168 Å². The molecule has 116 valence electrons. The Labute approximate surface area is 110 Å². The van der Waals surface area contributed by atoms with E-state index in [1.54, 1.807) is 0 Å². The van der Waals surface area contributed by atoms with Gasteiger partial charge in [-0.3, -0.25) is 0 Å². The third-order valence-corrected chi connectivity index (χ3v) is 1.17. The van der Waals surface area contributed by atoms with E-state index in [0.29, 0.717) is 0 Å². The largest absolute Gasteiger partial charge is 0.506 e. The van der Waals surface area contributed by atoms with Gasteiger partial charge >= 0.3 is 6.16 Å². The lowest BCUT2D eigenvalue weighted by Gasteiger charge is -1.96. The molecule has 0 unspecified atom stereocenters. The van der Waals surface area contributed by atoms with E-state index in [1.165, 1.54) is 6.08 Å². The Morgan fingerprint density at radius 3 is 1.37 bits per heavy atom. The zero-order valence-corrected chi connectivity index (χ0v) is 10.4. The van der Waals surface area contributed by atoms with Gasteiger partial charge in [-0.25, -0.2) is 4.79 Å². The first-order chi connectivity index (χ1) is 8.89. The third kappa shape index (κ3) is 31.5. The summed E-state index contributed by atoms with van der Waals surface area (Å²) >= 11 is 0. The van der Waals surface area contributed by atoms with Crippen LogP contribution in [0.5, 0.6) is 0 Å². The standard InChI is InChI=1S/C4H6O3.2C3H8O3/c1-2-3-7-4(5)6;2*4-1-3(6)2-5/h2H,1,3H2,(H,5,6);2*3-6H,1-2H2. The van der Waals surface area contributed by atoms with Crippen molar-refractivity contribution in [2.75, 3.05) is 33.0 Å². The molecule has 0 aliphatic heterocycles. The van der Waals surface area contributed by atoms with Gasteiger partial charge in [-0.1, -0.05) is 12.7 Å². The molecule has 9 nitrogen and oxygen atoms in total. The van der Waals surface area contributed by atoms with Crippen LogP contribution < -0.4 is 0 Å². The van der Waals surface area contributed by atoms with Crippen LogP contribution in [0.3, 0.4) is 0 Å². The fraction of sp³-hybridized carbons (Fsp3) is 0.700. The lowest BCUT2D eigenvalue weighted by Crippen LogP contribution is -2.15. The van der Waals surface area contributed by atoms with Gasteiger partial charge in [0.2, 0.25) is 0 Å². The van der Waals surface area contributed by atoms with Crippen LogP contribution in [0.1, 0.15) is 0 Å². The Hall–Kier alpha value is -1.23. The van der Waals surface area contributed by atoms with E-state index in [9.17, 15) is 4.79 Å². The highest BCUT2D eigenvalue weighted by Gasteiger charge is 1.94. The maximum absolute atomic E-state index is 9.49. The molecule has 0 saturated heterocycles. The van der Waals surface area contributed by atoms with Crippen molar-refractivity contribution in [2.45, 2.75) is 12.2 Å². The zero-order chi connectivity index (χ0) is 15.7. The molecule has 0 aliphatic rings. The summed E-state index contributed by atoms with van der Waals surface area (Å²) in [5.74, 6) is 0. The Morgan fingerprint density at radius 2 is 1.32 bits per heavy atom. The first-order valence-electron chi connectivity index (χ1n) is 5.15. The Kier molecular flexibility index (Phi) is 23.1. The Bertz CT molecular complexity index is 179. The van der Waals surface area contributed by atoms with Crippen LogP contribution in [0, 0.1) is 0 Å². The molecule has 0 aromatic heterocycles. The van der Waals surface area contributed by atoms with Gasteiger partial charge in [-0.15, -0.1) is 0 Å². The Morgan fingerprint density at radius 1 is 1.00 bits per heavy atom. The first kappa shape index (κ1) is 22.9. The lowest BCUT2D eigenvalue weighted by atomic mass is 10.4. The molecule has 0 saturated carbocycles. The highest BCUT2D eigenvalue weighted by molar-refractivity contribution is 5.56. The Balaban J connectivity index is -0.000000203. The van der Waals surface area contributed by atoms with Gasteiger partial charge in [0.05, 0.1) is 26.4 Å². The molecule has 0 atom stereocenters. The lowest BCUT2D eigenvalue weighted by molar-refractivity contribution is 0.0450. The molecule has 0 heterocycles. The fourth-order valence-electron chi connectivity index (χ4n) is 0.246. The predicted molar refractivity (Wildman–Crippen MR) is 64.5 cm³/mol. The van der Waals surface area contributed by atoms with E-state index in [-0.39, 0.29) is 33.0 Å².